The number of alkyl halides is 2. The van der Waals surface area contributed by atoms with Crippen molar-refractivity contribution in [3.8, 4) is 11.1 Å². The summed E-state index contributed by atoms with van der Waals surface area (Å²) in [6.45, 7) is 0.0886. The number of fused-ring (bicyclic) bond motifs is 2. The van der Waals surface area contributed by atoms with Crippen molar-refractivity contribution in [2.75, 3.05) is 7.05 Å². The fourth-order valence-corrected chi connectivity index (χ4v) is 4.86. The molecular formula is C22H21F3N4O. The van der Waals surface area contributed by atoms with Crippen molar-refractivity contribution in [3.05, 3.63) is 48.0 Å². The minimum Gasteiger partial charge on any atom is -0.338 e. The van der Waals surface area contributed by atoms with Crippen molar-refractivity contribution in [1.82, 2.24) is 19.7 Å². The van der Waals surface area contributed by atoms with E-state index in [1.807, 2.05) is 11.9 Å². The summed E-state index contributed by atoms with van der Waals surface area (Å²) in [5.74, 6) is -0.320. The molecule has 0 radical (unpaired) electrons. The second-order valence-electron chi connectivity index (χ2n) is 8.30. The fraction of sp³-hybridized carbons (Fsp3) is 0.409. The summed E-state index contributed by atoms with van der Waals surface area (Å²) in [6.07, 6.45) is 4.71. The van der Waals surface area contributed by atoms with E-state index in [4.69, 9.17) is 0 Å². The first kappa shape index (κ1) is 19.1. The van der Waals surface area contributed by atoms with Crippen molar-refractivity contribution >= 4 is 16.9 Å². The molecule has 0 unspecified atom stereocenters. The third-order valence-electron chi connectivity index (χ3n) is 7.00. The number of hydrogen-bond acceptors (Lipinski definition) is 3. The fourth-order valence-electron chi connectivity index (χ4n) is 4.86. The molecule has 0 saturated heterocycles. The summed E-state index contributed by atoms with van der Waals surface area (Å²) in [5.41, 5.74) is 1.62. The van der Waals surface area contributed by atoms with Crippen LogP contribution in [0.4, 0.5) is 13.2 Å². The minimum absolute atomic E-state index is 0.00317. The van der Waals surface area contributed by atoms with Gasteiger partial charge in [-0.1, -0.05) is 6.07 Å². The highest BCUT2D eigenvalue weighted by molar-refractivity contribution is 5.83. The van der Waals surface area contributed by atoms with Crippen LogP contribution in [0.1, 0.15) is 37.7 Å². The second kappa shape index (κ2) is 6.82. The van der Waals surface area contributed by atoms with Crippen molar-refractivity contribution in [3.63, 3.8) is 0 Å². The lowest BCUT2D eigenvalue weighted by atomic mass is 9.52. The summed E-state index contributed by atoms with van der Waals surface area (Å²) >= 11 is 0. The van der Waals surface area contributed by atoms with E-state index in [2.05, 4.69) is 10.1 Å². The Balaban J connectivity index is 1.44. The Hall–Kier alpha value is -2.90. The lowest BCUT2D eigenvalue weighted by Gasteiger charge is -2.62. The Morgan fingerprint density at radius 1 is 1.23 bits per heavy atom. The maximum Gasteiger partial charge on any atom is 0.266 e. The van der Waals surface area contributed by atoms with Gasteiger partial charge in [0, 0.05) is 24.3 Å². The van der Waals surface area contributed by atoms with Gasteiger partial charge in [0.2, 0.25) is 5.91 Å². The predicted molar refractivity (Wildman–Crippen MR) is 105 cm³/mol. The summed E-state index contributed by atoms with van der Waals surface area (Å²) < 4.78 is 41.3. The number of likely N-dealkylation sites (N-methyl/N-ethyl adjacent to an activating group) is 1. The van der Waals surface area contributed by atoms with Crippen LogP contribution < -0.4 is 0 Å². The minimum atomic E-state index is -2.90. The van der Waals surface area contributed by atoms with E-state index >= 15 is 0 Å². The molecule has 3 aromatic rings. The van der Waals surface area contributed by atoms with Gasteiger partial charge in [0.1, 0.15) is 17.9 Å². The lowest BCUT2D eigenvalue weighted by Crippen LogP contribution is -2.66. The maximum absolute atomic E-state index is 13.6. The summed E-state index contributed by atoms with van der Waals surface area (Å²) in [6, 6.07) is 5.35. The highest BCUT2D eigenvalue weighted by Crippen LogP contribution is 2.57. The molecule has 1 amide bonds. The predicted octanol–water partition coefficient (Wildman–Crippen LogP) is 4.58. The SMILES string of the molecule is CN(C(=O)Cn1ncc2ncc(-c3ccc(F)c(C(F)F)c3)cc21)C12CCC1CC2. The quantitative estimate of drug-likeness (QED) is 0.614. The van der Waals surface area contributed by atoms with E-state index in [0.717, 1.165) is 25.0 Å². The van der Waals surface area contributed by atoms with Gasteiger partial charge in [0.25, 0.3) is 6.43 Å². The number of rotatable bonds is 5. The van der Waals surface area contributed by atoms with E-state index in [9.17, 15) is 18.0 Å². The smallest absolute Gasteiger partial charge is 0.266 e. The average Bonchev–Trinajstić information content (AvgIpc) is 3.12. The number of nitrogens with zero attached hydrogens (tertiary/aromatic N) is 4. The molecule has 2 aromatic heterocycles. The molecule has 5 nitrogen and oxygen atoms in total. The zero-order valence-corrected chi connectivity index (χ0v) is 16.5. The monoisotopic (exact) mass is 414 g/mol. The first-order chi connectivity index (χ1) is 14.4. The highest BCUT2D eigenvalue weighted by atomic mass is 19.3. The zero-order chi connectivity index (χ0) is 21.0. The maximum atomic E-state index is 13.6. The molecule has 2 aliphatic carbocycles. The van der Waals surface area contributed by atoms with Crippen LogP contribution in [0.2, 0.25) is 0 Å². The van der Waals surface area contributed by atoms with Crippen molar-refractivity contribution in [1.29, 1.82) is 0 Å². The lowest BCUT2D eigenvalue weighted by molar-refractivity contribution is -0.158. The van der Waals surface area contributed by atoms with Gasteiger partial charge in [-0.25, -0.2) is 13.2 Å². The van der Waals surface area contributed by atoms with Crippen LogP contribution in [-0.2, 0) is 11.3 Å². The van der Waals surface area contributed by atoms with E-state index < -0.39 is 17.8 Å². The largest absolute Gasteiger partial charge is 0.338 e. The topological polar surface area (TPSA) is 51.0 Å². The number of hydrogen-bond donors (Lipinski definition) is 0. The summed E-state index contributed by atoms with van der Waals surface area (Å²) in [4.78, 5) is 19.1. The van der Waals surface area contributed by atoms with E-state index in [-0.39, 0.29) is 18.0 Å². The molecule has 1 aromatic carbocycles. The second-order valence-corrected chi connectivity index (χ2v) is 8.30. The number of halogens is 3. The zero-order valence-electron chi connectivity index (χ0n) is 16.5. The van der Waals surface area contributed by atoms with Gasteiger partial charge >= 0.3 is 0 Å². The van der Waals surface area contributed by atoms with Crippen LogP contribution in [-0.4, -0.2) is 38.2 Å². The average molecular weight is 414 g/mol. The van der Waals surface area contributed by atoms with E-state index in [1.165, 1.54) is 25.1 Å². The van der Waals surface area contributed by atoms with Crippen LogP contribution in [0, 0.1) is 11.7 Å². The van der Waals surface area contributed by atoms with Crippen LogP contribution in [0.15, 0.2) is 36.7 Å². The molecule has 5 rings (SSSR count). The molecule has 2 aliphatic rings. The molecule has 0 atom stereocenters. The van der Waals surface area contributed by atoms with Gasteiger partial charge in [-0.2, -0.15) is 5.10 Å². The van der Waals surface area contributed by atoms with Gasteiger partial charge in [-0.05, 0) is 55.4 Å². The van der Waals surface area contributed by atoms with Gasteiger partial charge in [0.15, 0.2) is 0 Å². The Morgan fingerprint density at radius 3 is 2.63 bits per heavy atom. The van der Waals surface area contributed by atoms with E-state index in [1.54, 1.807) is 16.9 Å². The number of carbonyl (C=O) groups is 1. The van der Waals surface area contributed by atoms with Gasteiger partial charge in [-0.3, -0.25) is 14.5 Å². The van der Waals surface area contributed by atoms with Crippen LogP contribution in [0.5, 0.6) is 0 Å². The van der Waals surface area contributed by atoms with E-state index in [0.29, 0.717) is 28.1 Å². The normalized spacial score (nSPS) is 22.5. The number of benzene rings is 1. The van der Waals surface area contributed by atoms with Crippen LogP contribution in [0.3, 0.4) is 0 Å². The molecule has 0 bridgehead atoms. The Bertz CT molecular complexity index is 1130. The van der Waals surface area contributed by atoms with Crippen molar-refractivity contribution < 1.29 is 18.0 Å². The van der Waals surface area contributed by atoms with Crippen LogP contribution >= 0.6 is 0 Å². The third kappa shape index (κ3) is 2.80. The van der Waals surface area contributed by atoms with Gasteiger partial charge in [-0.15, -0.1) is 0 Å². The molecule has 156 valence electrons. The number of aromatic nitrogens is 3. The molecule has 2 heterocycles. The molecule has 0 N–H and O–H groups in total. The number of amides is 1. The summed E-state index contributed by atoms with van der Waals surface area (Å²) in [5, 5.41) is 4.30. The first-order valence-electron chi connectivity index (χ1n) is 10.1. The number of pyridine rings is 1. The molecule has 0 aliphatic heterocycles. The summed E-state index contributed by atoms with van der Waals surface area (Å²) in [7, 11) is 1.87. The first-order valence-corrected chi connectivity index (χ1v) is 10.1. The van der Waals surface area contributed by atoms with Gasteiger partial charge < -0.3 is 4.90 Å². The standard InChI is InChI=1S/C22H21F3N4O/c1-28(22-6-4-15(22)5-7-22)20(30)12-29-19-9-14(10-26-18(19)11-27-29)13-2-3-17(23)16(8-13)21(24)25/h2-3,8-11,15,21H,4-7,12H2,1H3. The van der Waals surface area contributed by atoms with Crippen molar-refractivity contribution in [2.24, 2.45) is 5.92 Å². The molecule has 2 fully saturated rings. The molecule has 8 heteroatoms. The highest BCUT2D eigenvalue weighted by Gasteiger charge is 2.57. The van der Waals surface area contributed by atoms with Crippen molar-refractivity contribution in [2.45, 2.75) is 44.2 Å². The third-order valence-corrected chi connectivity index (χ3v) is 7.00. The Labute approximate surface area is 171 Å². The molecule has 0 spiro atoms. The number of carbonyl (C=O) groups excluding carboxylic acids is 1. The molecule has 30 heavy (non-hydrogen) atoms. The van der Waals surface area contributed by atoms with Crippen LogP contribution in [0.25, 0.3) is 22.2 Å². The Morgan fingerprint density at radius 2 is 2.00 bits per heavy atom. The molecular weight excluding hydrogens is 393 g/mol. The van der Waals surface area contributed by atoms with Gasteiger partial charge in [0.05, 0.1) is 17.3 Å². The molecule has 2 saturated carbocycles. The Kier molecular flexibility index (Phi) is 4.34.